The maximum Gasteiger partial charge on any atom is 0.220 e. The fourth-order valence-corrected chi connectivity index (χ4v) is 1.16. The summed E-state index contributed by atoms with van der Waals surface area (Å²) in [6, 6.07) is 0. The van der Waals surface area contributed by atoms with Crippen molar-refractivity contribution >= 4 is 5.91 Å². The average Bonchev–Trinajstić information content (AvgIpc) is 2.39. The van der Waals surface area contributed by atoms with E-state index in [2.05, 4.69) is 11.4 Å². The van der Waals surface area contributed by atoms with E-state index in [1.165, 1.54) is 6.42 Å². The molecule has 1 heterocycles. The van der Waals surface area contributed by atoms with Crippen LogP contribution in [0.3, 0.4) is 0 Å². The molecular formula is C8H15N2O. The first-order chi connectivity index (χ1) is 5.20. The number of amides is 1. The summed E-state index contributed by atoms with van der Waals surface area (Å²) >= 11 is 0. The number of carbonyl (C=O) groups is 1. The summed E-state index contributed by atoms with van der Waals surface area (Å²) in [7, 11) is 1.83. The normalized spacial score (nSPS) is 18.7. The molecule has 1 aliphatic rings. The molecule has 11 heavy (non-hydrogen) atoms. The van der Waals surface area contributed by atoms with Gasteiger partial charge >= 0.3 is 0 Å². The van der Waals surface area contributed by atoms with E-state index in [0.29, 0.717) is 0 Å². The van der Waals surface area contributed by atoms with Gasteiger partial charge in [0.1, 0.15) is 0 Å². The summed E-state index contributed by atoms with van der Waals surface area (Å²) in [5.74, 6) is 0.130. The van der Waals surface area contributed by atoms with Crippen LogP contribution in [0.1, 0.15) is 19.8 Å². The topological polar surface area (TPSA) is 23.6 Å². The van der Waals surface area contributed by atoms with Crippen molar-refractivity contribution in [2.24, 2.45) is 0 Å². The van der Waals surface area contributed by atoms with Crippen LogP contribution in [-0.4, -0.2) is 36.0 Å². The molecule has 0 aromatic carbocycles. The third kappa shape index (κ3) is 2.50. The molecule has 0 aromatic heterocycles. The number of hydrogen-bond donors (Lipinski definition) is 0. The van der Waals surface area contributed by atoms with Crippen molar-refractivity contribution in [1.82, 2.24) is 9.80 Å². The van der Waals surface area contributed by atoms with Gasteiger partial charge in [0, 0.05) is 27.1 Å². The van der Waals surface area contributed by atoms with Crippen LogP contribution < -0.4 is 0 Å². The van der Waals surface area contributed by atoms with Gasteiger partial charge < -0.3 is 4.90 Å². The van der Waals surface area contributed by atoms with Crippen molar-refractivity contribution in [2.45, 2.75) is 19.8 Å². The Morgan fingerprint density at radius 1 is 1.73 bits per heavy atom. The molecule has 0 bridgehead atoms. The van der Waals surface area contributed by atoms with Crippen molar-refractivity contribution < 1.29 is 4.79 Å². The van der Waals surface area contributed by atoms with Crippen molar-refractivity contribution in [3.05, 3.63) is 6.54 Å². The zero-order valence-electron chi connectivity index (χ0n) is 7.21. The van der Waals surface area contributed by atoms with Crippen LogP contribution >= 0.6 is 0 Å². The van der Waals surface area contributed by atoms with Gasteiger partial charge in [-0.05, 0) is 12.8 Å². The highest BCUT2D eigenvalue weighted by molar-refractivity contribution is 5.72. The van der Waals surface area contributed by atoms with Gasteiger partial charge in [0.15, 0.2) is 0 Å². The van der Waals surface area contributed by atoms with Gasteiger partial charge in [0.2, 0.25) is 5.91 Å². The predicted octanol–water partition coefficient (Wildman–Crippen LogP) is 0.680. The minimum Gasteiger partial charge on any atom is -0.333 e. The van der Waals surface area contributed by atoms with E-state index in [0.717, 1.165) is 19.6 Å². The Kier molecular flexibility index (Phi) is 2.88. The van der Waals surface area contributed by atoms with Crippen molar-refractivity contribution in [1.29, 1.82) is 0 Å². The van der Waals surface area contributed by atoms with Gasteiger partial charge in [-0.25, -0.2) is 0 Å². The molecule has 3 nitrogen and oxygen atoms in total. The molecular weight excluding hydrogens is 140 g/mol. The zero-order valence-corrected chi connectivity index (χ0v) is 7.21. The summed E-state index contributed by atoms with van der Waals surface area (Å²) in [6.07, 6.45) is 2.39. The summed E-state index contributed by atoms with van der Waals surface area (Å²) in [5.41, 5.74) is 0. The zero-order chi connectivity index (χ0) is 8.27. The standard InChI is InChI=1S/C8H15N2O/c1-8(11)9(2)7-10-5-3-4-6-10/h5H,3-4,6-7H2,1-2H3. The summed E-state index contributed by atoms with van der Waals surface area (Å²) < 4.78 is 0. The Balaban J connectivity index is 2.23. The monoisotopic (exact) mass is 155 g/mol. The molecule has 1 saturated heterocycles. The van der Waals surface area contributed by atoms with E-state index < -0.39 is 0 Å². The minimum absolute atomic E-state index is 0.130. The fraction of sp³-hybridized carbons (Fsp3) is 0.750. The highest BCUT2D eigenvalue weighted by atomic mass is 16.2. The molecule has 1 radical (unpaired) electrons. The lowest BCUT2D eigenvalue weighted by Crippen LogP contribution is -2.34. The lowest BCUT2D eigenvalue weighted by atomic mass is 10.4. The molecule has 0 unspecified atom stereocenters. The summed E-state index contributed by atoms with van der Waals surface area (Å²) in [5, 5.41) is 0. The van der Waals surface area contributed by atoms with Gasteiger partial charge in [-0.3, -0.25) is 9.69 Å². The first kappa shape index (κ1) is 8.53. The Morgan fingerprint density at radius 2 is 2.45 bits per heavy atom. The van der Waals surface area contributed by atoms with Crippen LogP contribution in [0.15, 0.2) is 0 Å². The van der Waals surface area contributed by atoms with Gasteiger partial charge in [-0.2, -0.15) is 0 Å². The second-order valence-electron chi connectivity index (χ2n) is 3.00. The van der Waals surface area contributed by atoms with Crippen LogP contribution in [0.2, 0.25) is 0 Å². The maximum absolute atomic E-state index is 10.8. The number of nitrogens with zero attached hydrogens (tertiary/aromatic N) is 2. The lowest BCUT2D eigenvalue weighted by molar-refractivity contribution is -0.129. The van der Waals surface area contributed by atoms with Crippen molar-refractivity contribution in [3.63, 3.8) is 0 Å². The van der Waals surface area contributed by atoms with E-state index in [1.807, 2.05) is 7.05 Å². The Labute approximate surface area is 68.0 Å². The van der Waals surface area contributed by atoms with E-state index in [9.17, 15) is 4.79 Å². The molecule has 0 aliphatic carbocycles. The van der Waals surface area contributed by atoms with Crippen LogP contribution in [-0.2, 0) is 4.79 Å². The second kappa shape index (κ2) is 3.72. The lowest BCUT2D eigenvalue weighted by Gasteiger charge is -2.22. The van der Waals surface area contributed by atoms with Crippen LogP contribution in [0.25, 0.3) is 0 Å². The number of likely N-dealkylation sites (tertiary alicyclic amines) is 1. The minimum atomic E-state index is 0.130. The Morgan fingerprint density at radius 3 is 2.91 bits per heavy atom. The average molecular weight is 155 g/mol. The number of rotatable bonds is 2. The third-order valence-corrected chi connectivity index (χ3v) is 1.97. The highest BCUT2D eigenvalue weighted by Crippen LogP contribution is 2.11. The number of carbonyl (C=O) groups excluding carboxylic acids is 1. The van der Waals surface area contributed by atoms with Crippen molar-refractivity contribution in [2.75, 3.05) is 20.3 Å². The number of hydrogen-bond acceptors (Lipinski definition) is 2. The highest BCUT2D eigenvalue weighted by Gasteiger charge is 2.14. The molecule has 0 saturated carbocycles. The summed E-state index contributed by atoms with van der Waals surface area (Å²) in [4.78, 5) is 14.7. The molecule has 0 spiro atoms. The van der Waals surface area contributed by atoms with Crippen molar-refractivity contribution in [3.8, 4) is 0 Å². The van der Waals surface area contributed by atoms with Crippen LogP contribution in [0.4, 0.5) is 0 Å². The van der Waals surface area contributed by atoms with E-state index in [4.69, 9.17) is 0 Å². The molecule has 1 aliphatic heterocycles. The first-order valence-electron chi connectivity index (χ1n) is 3.99. The van der Waals surface area contributed by atoms with E-state index >= 15 is 0 Å². The molecule has 63 valence electrons. The smallest absolute Gasteiger partial charge is 0.220 e. The SMILES string of the molecule is CC(=O)N(C)CN1[CH]CCC1. The van der Waals surface area contributed by atoms with Gasteiger partial charge in [-0.15, -0.1) is 0 Å². The maximum atomic E-state index is 10.8. The molecule has 1 fully saturated rings. The molecule has 1 amide bonds. The van der Waals surface area contributed by atoms with Gasteiger partial charge in [0.05, 0.1) is 6.67 Å². The Hall–Kier alpha value is -0.570. The second-order valence-corrected chi connectivity index (χ2v) is 3.00. The Bertz CT molecular complexity index is 141. The van der Waals surface area contributed by atoms with E-state index in [-0.39, 0.29) is 5.91 Å². The first-order valence-corrected chi connectivity index (χ1v) is 3.99. The third-order valence-electron chi connectivity index (χ3n) is 1.97. The van der Waals surface area contributed by atoms with Crippen LogP contribution in [0.5, 0.6) is 0 Å². The van der Waals surface area contributed by atoms with E-state index in [1.54, 1.807) is 11.8 Å². The quantitative estimate of drug-likeness (QED) is 0.585. The van der Waals surface area contributed by atoms with Gasteiger partial charge in [-0.1, -0.05) is 0 Å². The molecule has 0 N–H and O–H groups in total. The summed E-state index contributed by atoms with van der Waals surface area (Å²) in [6.45, 7) is 5.60. The largest absolute Gasteiger partial charge is 0.333 e. The fourth-order valence-electron chi connectivity index (χ4n) is 1.16. The molecule has 0 atom stereocenters. The molecule has 0 aromatic rings. The molecule has 3 heteroatoms. The van der Waals surface area contributed by atoms with Gasteiger partial charge in [0.25, 0.3) is 0 Å². The van der Waals surface area contributed by atoms with Crippen LogP contribution in [0, 0.1) is 6.54 Å². The predicted molar refractivity (Wildman–Crippen MR) is 43.6 cm³/mol. The molecule has 1 rings (SSSR count).